The lowest BCUT2D eigenvalue weighted by atomic mass is 9.86. The number of hydrogen-bond donors (Lipinski definition) is 0. The van der Waals surface area contributed by atoms with Crippen molar-refractivity contribution < 1.29 is 9.53 Å². The van der Waals surface area contributed by atoms with Crippen molar-refractivity contribution in [3.63, 3.8) is 0 Å². The molecule has 0 aliphatic heterocycles. The van der Waals surface area contributed by atoms with Crippen molar-refractivity contribution in [1.82, 2.24) is 0 Å². The third kappa shape index (κ3) is 7.58. The van der Waals surface area contributed by atoms with Crippen LogP contribution in [0.4, 0.5) is 0 Å². The molecule has 0 aromatic rings. The van der Waals surface area contributed by atoms with Crippen molar-refractivity contribution in [3.05, 3.63) is 0 Å². The molecular formula is C10H20O2. The van der Waals surface area contributed by atoms with Crippen LogP contribution in [-0.2, 0) is 9.53 Å². The second kappa shape index (κ2) is 4.48. The molecule has 12 heavy (non-hydrogen) atoms. The Morgan fingerprint density at radius 3 is 2.25 bits per heavy atom. The highest BCUT2D eigenvalue weighted by Gasteiger charge is 2.15. The Balaban J connectivity index is 3.60. The quantitative estimate of drug-likeness (QED) is 0.612. The maximum absolute atomic E-state index is 10.5. The molecule has 0 spiro atoms. The minimum absolute atomic E-state index is 0.184. The van der Waals surface area contributed by atoms with Crippen LogP contribution in [0.2, 0.25) is 0 Å². The first kappa shape index (κ1) is 11.5. The lowest BCUT2D eigenvalue weighted by Gasteiger charge is -2.22. The Morgan fingerprint density at radius 2 is 1.92 bits per heavy atom. The number of hydrogen-bond acceptors (Lipinski definition) is 2. The Hall–Kier alpha value is -0.530. The summed E-state index contributed by atoms with van der Waals surface area (Å²) in [4.78, 5) is 10.5. The van der Waals surface area contributed by atoms with Gasteiger partial charge in [0.1, 0.15) is 0 Å². The van der Waals surface area contributed by atoms with E-state index in [1.165, 1.54) is 6.92 Å². The van der Waals surface area contributed by atoms with Crippen molar-refractivity contribution in [2.75, 3.05) is 6.61 Å². The van der Waals surface area contributed by atoms with Crippen LogP contribution in [0.1, 0.15) is 41.0 Å². The Kier molecular flexibility index (Phi) is 4.29. The minimum atomic E-state index is -0.184. The molecule has 0 amide bonds. The zero-order chi connectivity index (χ0) is 9.78. The number of rotatable bonds is 3. The molecular weight excluding hydrogens is 152 g/mol. The fourth-order valence-corrected chi connectivity index (χ4v) is 1.36. The molecule has 0 fully saturated rings. The van der Waals surface area contributed by atoms with Gasteiger partial charge < -0.3 is 4.74 Å². The second-order valence-corrected chi connectivity index (χ2v) is 4.67. The molecule has 72 valence electrons. The average Bonchev–Trinajstić information content (AvgIpc) is 1.79. The van der Waals surface area contributed by atoms with Crippen LogP contribution in [0.5, 0.6) is 0 Å². The van der Waals surface area contributed by atoms with E-state index in [-0.39, 0.29) is 5.97 Å². The first-order valence-electron chi connectivity index (χ1n) is 4.44. The molecule has 0 aromatic carbocycles. The Bertz CT molecular complexity index is 144. The predicted molar refractivity (Wildman–Crippen MR) is 49.9 cm³/mol. The van der Waals surface area contributed by atoms with E-state index in [9.17, 15) is 4.79 Å². The first-order valence-corrected chi connectivity index (χ1v) is 4.44. The normalized spacial score (nSPS) is 14.1. The van der Waals surface area contributed by atoms with Crippen LogP contribution in [0.25, 0.3) is 0 Å². The van der Waals surface area contributed by atoms with Crippen LogP contribution in [0.15, 0.2) is 0 Å². The van der Waals surface area contributed by atoms with Gasteiger partial charge in [-0.05, 0) is 17.8 Å². The van der Waals surface area contributed by atoms with E-state index in [4.69, 9.17) is 4.74 Å². The van der Waals surface area contributed by atoms with Crippen LogP contribution >= 0.6 is 0 Å². The minimum Gasteiger partial charge on any atom is -0.466 e. The maximum Gasteiger partial charge on any atom is 0.302 e. The number of carbonyl (C=O) groups is 1. The summed E-state index contributed by atoms with van der Waals surface area (Å²) in [5.41, 5.74) is 0.319. The zero-order valence-corrected chi connectivity index (χ0v) is 8.81. The molecule has 0 aromatic heterocycles. The molecule has 0 heterocycles. The highest BCUT2D eigenvalue weighted by atomic mass is 16.5. The Labute approximate surface area is 75.3 Å². The predicted octanol–water partition coefficient (Wildman–Crippen LogP) is 2.62. The molecule has 0 aliphatic carbocycles. The van der Waals surface area contributed by atoms with E-state index < -0.39 is 0 Å². The zero-order valence-electron chi connectivity index (χ0n) is 8.81. The fraction of sp³-hybridized carbons (Fsp3) is 0.900. The van der Waals surface area contributed by atoms with Gasteiger partial charge in [0.25, 0.3) is 0 Å². The van der Waals surface area contributed by atoms with E-state index in [1.54, 1.807) is 0 Å². The van der Waals surface area contributed by atoms with Gasteiger partial charge in [-0.1, -0.05) is 27.7 Å². The molecule has 0 aliphatic rings. The van der Waals surface area contributed by atoms with Gasteiger partial charge in [0.05, 0.1) is 6.61 Å². The summed E-state index contributed by atoms with van der Waals surface area (Å²) < 4.78 is 4.91. The summed E-state index contributed by atoms with van der Waals surface area (Å²) in [6.45, 7) is 10.7. The lowest BCUT2D eigenvalue weighted by Crippen LogP contribution is -2.16. The molecule has 0 rings (SSSR count). The van der Waals surface area contributed by atoms with Gasteiger partial charge in [0.15, 0.2) is 0 Å². The van der Waals surface area contributed by atoms with Gasteiger partial charge in [0.2, 0.25) is 0 Å². The SMILES string of the molecule is CC(=O)OCC(C)CC(C)(C)C. The number of carbonyl (C=O) groups excluding carboxylic acids is 1. The first-order chi connectivity index (χ1) is 5.31. The summed E-state index contributed by atoms with van der Waals surface area (Å²) >= 11 is 0. The highest BCUT2D eigenvalue weighted by molar-refractivity contribution is 5.65. The average molecular weight is 172 g/mol. The highest BCUT2D eigenvalue weighted by Crippen LogP contribution is 2.24. The lowest BCUT2D eigenvalue weighted by molar-refractivity contribution is -0.142. The van der Waals surface area contributed by atoms with Crippen molar-refractivity contribution >= 4 is 5.97 Å². The summed E-state index contributed by atoms with van der Waals surface area (Å²) in [6, 6.07) is 0. The second-order valence-electron chi connectivity index (χ2n) is 4.67. The summed E-state index contributed by atoms with van der Waals surface area (Å²) in [6.07, 6.45) is 1.08. The van der Waals surface area contributed by atoms with Crippen molar-refractivity contribution in [1.29, 1.82) is 0 Å². The van der Waals surface area contributed by atoms with Gasteiger partial charge in [-0.15, -0.1) is 0 Å². The summed E-state index contributed by atoms with van der Waals surface area (Å²) in [5.74, 6) is 0.268. The van der Waals surface area contributed by atoms with Crippen LogP contribution in [0, 0.1) is 11.3 Å². The largest absolute Gasteiger partial charge is 0.466 e. The molecule has 0 radical (unpaired) electrons. The molecule has 2 nitrogen and oxygen atoms in total. The van der Waals surface area contributed by atoms with Gasteiger partial charge in [-0.25, -0.2) is 0 Å². The topological polar surface area (TPSA) is 26.3 Å². The molecule has 1 atom stereocenters. The van der Waals surface area contributed by atoms with Gasteiger partial charge in [0, 0.05) is 6.92 Å². The Morgan fingerprint density at radius 1 is 1.42 bits per heavy atom. The maximum atomic E-state index is 10.5. The molecule has 0 saturated carbocycles. The van der Waals surface area contributed by atoms with E-state index >= 15 is 0 Å². The molecule has 0 bridgehead atoms. The molecule has 0 saturated heterocycles. The molecule has 0 N–H and O–H groups in total. The third-order valence-electron chi connectivity index (χ3n) is 1.53. The van der Waals surface area contributed by atoms with Crippen LogP contribution in [0.3, 0.4) is 0 Å². The molecule has 1 unspecified atom stereocenters. The van der Waals surface area contributed by atoms with E-state index in [0.717, 1.165) is 6.42 Å². The number of ether oxygens (including phenoxy) is 1. The standard InChI is InChI=1S/C10H20O2/c1-8(6-10(3,4)5)7-12-9(2)11/h8H,6-7H2,1-5H3. The monoisotopic (exact) mass is 172 g/mol. The summed E-state index contributed by atoms with van der Waals surface area (Å²) in [5, 5.41) is 0. The third-order valence-corrected chi connectivity index (χ3v) is 1.53. The van der Waals surface area contributed by atoms with E-state index in [0.29, 0.717) is 17.9 Å². The van der Waals surface area contributed by atoms with Crippen LogP contribution < -0.4 is 0 Å². The van der Waals surface area contributed by atoms with Gasteiger partial charge >= 0.3 is 5.97 Å². The fourth-order valence-electron chi connectivity index (χ4n) is 1.36. The van der Waals surface area contributed by atoms with Crippen molar-refractivity contribution in [2.24, 2.45) is 11.3 Å². The van der Waals surface area contributed by atoms with E-state index in [1.807, 2.05) is 0 Å². The van der Waals surface area contributed by atoms with Gasteiger partial charge in [-0.3, -0.25) is 4.79 Å². The summed E-state index contributed by atoms with van der Waals surface area (Å²) in [7, 11) is 0. The van der Waals surface area contributed by atoms with Crippen molar-refractivity contribution in [3.8, 4) is 0 Å². The smallest absolute Gasteiger partial charge is 0.302 e. The van der Waals surface area contributed by atoms with Gasteiger partial charge in [-0.2, -0.15) is 0 Å². The number of esters is 1. The van der Waals surface area contributed by atoms with Crippen molar-refractivity contribution in [2.45, 2.75) is 41.0 Å². The molecule has 2 heteroatoms. The van der Waals surface area contributed by atoms with Crippen LogP contribution in [-0.4, -0.2) is 12.6 Å². The van der Waals surface area contributed by atoms with E-state index in [2.05, 4.69) is 27.7 Å².